The van der Waals surface area contributed by atoms with E-state index in [2.05, 4.69) is 36.5 Å². The number of fused-ring (bicyclic) bond motifs is 2. The van der Waals surface area contributed by atoms with E-state index in [-0.39, 0.29) is 0 Å². The van der Waals surface area contributed by atoms with Gasteiger partial charge in [0.2, 0.25) is 0 Å². The number of rotatable bonds is 2. The molecule has 80 valence electrons. The third-order valence-electron chi connectivity index (χ3n) is 4.11. The molecule has 1 aromatic carbocycles. The number of anilines is 1. The van der Waals surface area contributed by atoms with Crippen LogP contribution in [-0.4, -0.2) is 6.04 Å². The Hall–Kier alpha value is -0.980. The Balaban J connectivity index is 1.71. The molecule has 0 saturated heterocycles. The van der Waals surface area contributed by atoms with E-state index in [1.54, 1.807) is 0 Å². The van der Waals surface area contributed by atoms with Crippen LogP contribution in [0.15, 0.2) is 24.3 Å². The molecule has 1 aromatic rings. The molecule has 2 saturated carbocycles. The van der Waals surface area contributed by atoms with Gasteiger partial charge >= 0.3 is 0 Å². The lowest BCUT2D eigenvalue weighted by atomic mass is 9.95. The summed E-state index contributed by atoms with van der Waals surface area (Å²) in [6.07, 6.45) is 5.81. The Morgan fingerprint density at radius 3 is 2.80 bits per heavy atom. The molecule has 0 heterocycles. The average Bonchev–Trinajstić information content (AvgIpc) is 2.79. The predicted molar refractivity (Wildman–Crippen MR) is 64.0 cm³/mol. The quantitative estimate of drug-likeness (QED) is 0.771. The molecule has 3 rings (SSSR count). The molecular formula is C14H19N. The van der Waals surface area contributed by atoms with Gasteiger partial charge in [0.05, 0.1) is 0 Å². The minimum Gasteiger partial charge on any atom is -0.382 e. The van der Waals surface area contributed by atoms with E-state index >= 15 is 0 Å². The van der Waals surface area contributed by atoms with Gasteiger partial charge in [-0.2, -0.15) is 0 Å². The van der Waals surface area contributed by atoms with Crippen LogP contribution in [0.3, 0.4) is 0 Å². The fraction of sp³-hybridized carbons (Fsp3) is 0.571. The van der Waals surface area contributed by atoms with Crippen LogP contribution in [0, 0.1) is 18.8 Å². The van der Waals surface area contributed by atoms with Gasteiger partial charge in [-0.1, -0.05) is 18.6 Å². The van der Waals surface area contributed by atoms with E-state index in [1.807, 2.05) is 0 Å². The summed E-state index contributed by atoms with van der Waals surface area (Å²) >= 11 is 0. The van der Waals surface area contributed by atoms with E-state index in [4.69, 9.17) is 0 Å². The lowest BCUT2D eigenvalue weighted by Crippen LogP contribution is -2.25. The summed E-state index contributed by atoms with van der Waals surface area (Å²) in [5.41, 5.74) is 2.66. The second kappa shape index (κ2) is 3.55. The molecule has 2 aliphatic rings. The van der Waals surface area contributed by atoms with Crippen LogP contribution in [0.5, 0.6) is 0 Å². The maximum Gasteiger partial charge on any atom is 0.0345 e. The van der Waals surface area contributed by atoms with Gasteiger partial charge in [0.1, 0.15) is 0 Å². The van der Waals surface area contributed by atoms with Crippen molar-refractivity contribution in [3.63, 3.8) is 0 Å². The largest absolute Gasteiger partial charge is 0.382 e. The van der Waals surface area contributed by atoms with Crippen LogP contribution in [-0.2, 0) is 0 Å². The Labute approximate surface area is 91.9 Å². The van der Waals surface area contributed by atoms with Crippen molar-refractivity contribution < 1.29 is 0 Å². The highest BCUT2D eigenvalue weighted by atomic mass is 14.9. The maximum atomic E-state index is 3.71. The minimum absolute atomic E-state index is 0.755. The molecule has 15 heavy (non-hydrogen) atoms. The molecule has 2 aliphatic carbocycles. The van der Waals surface area contributed by atoms with Crippen LogP contribution in [0.4, 0.5) is 5.69 Å². The van der Waals surface area contributed by atoms with Crippen molar-refractivity contribution >= 4 is 5.69 Å². The van der Waals surface area contributed by atoms with E-state index < -0.39 is 0 Å². The van der Waals surface area contributed by atoms with Crippen molar-refractivity contribution in [2.45, 2.75) is 38.6 Å². The second-order valence-electron chi connectivity index (χ2n) is 5.30. The number of benzene rings is 1. The summed E-state index contributed by atoms with van der Waals surface area (Å²) < 4.78 is 0. The molecule has 1 N–H and O–H groups in total. The lowest BCUT2D eigenvalue weighted by molar-refractivity contribution is 0.440. The van der Waals surface area contributed by atoms with Crippen LogP contribution < -0.4 is 5.32 Å². The molecule has 1 heteroatoms. The summed E-state index contributed by atoms with van der Waals surface area (Å²) in [5.74, 6) is 1.98. The van der Waals surface area contributed by atoms with E-state index in [1.165, 1.54) is 36.9 Å². The third kappa shape index (κ3) is 1.75. The average molecular weight is 201 g/mol. The molecule has 0 spiro atoms. The monoisotopic (exact) mass is 201 g/mol. The first-order chi connectivity index (χ1) is 7.31. The smallest absolute Gasteiger partial charge is 0.0345 e. The zero-order chi connectivity index (χ0) is 10.3. The highest BCUT2D eigenvalue weighted by Crippen LogP contribution is 2.45. The van der Waals surface area contributed by atoms with Gasteiger partial charge in [-0.3, -0.25) is 0 Å². The van der Waals surface area contributed by atoms with Gasteiger partial charge in [-0.05, 0) is 55.7 Å². The number of hydrogen-bond donors (Lipinski definition) is 1. The molecule has 3 atom stereocenters. The number of hydrogen-bond acceptors (Lipinski definition) is 1. The summed E-state index contributed by atoms with van der Waals surface area (Å²) in [5, 5.41) is 3.71. The molecule has 0 aliphatic heterocycles. The van der Waals surface area contributed by atoms with Crippen molar-refractivity contribution in [2.75, 3.05) is 5.32 Å². The van der Waals surface area contributed by atoms with Gasteiger partial charge in [-0.25, -0.2) is 0 Å². The summed E-state index contributed by atoms with van der Waals surface area (Å²) in [6.45, 7) is 2.16. The highest BCUT2D eigenvalue weighted by Gasteiger charge is 2.39. The first kappa shape index (κ1) is 9.26. The van der Waals surface area contributed by atoms with Crippen molar-refractivity contribution in [1.82, 2.24) is 0 Å². The van der Waals surface area contributed by atoms with Gasteiger partial charge in [0.25, 0.3) is 0 Å². The van der Waals surface area contributed by atoms with Gasteiger partial charge in [0.15, 0.2) is 0 Å². The second-order valence-corrected chi connectivity index (χ2v) is 5.30. The maximum absolute atomic E-state index is 3.71. The molecular weight excluding hydrogens is 182 g/mol. The van der Waals surface area contributed by atoms with Crippen molar-refractivity contribution in [2.24, 2.45) is 11.8 Å². The van der Waals surface area contributed by atoms with Gasteiger partial charge in [-0.15, -0.1) is 0 Å². The lowest BCUT2D eigenvalue weighted by Gasteiger charge is -2.24. The van der Waals surface area contributed by atoms with Crippen LogP contribution in [0.2, 0.25) is 0 Å². The number of aryl methyl sites for hydroxylation is 1. The van der Waals surface area contributed by atoms with E-state index in [0.29, 0.717) is 0 Å². The minimum atomic E-state index is 0.755. The van der Waals surface area contributed by atoms with Crippen molar-refractivity contribution in [1.29, 1.82) is 0 Å². The van der Waals surface area contributed by atoms with Crippen molar-refractivity contribution in [3.8, 4) is 0 Å². The van der Waals surface area contributed by atoms with Crippen LogP contribution in [0.25, 0.3) is 0 Å². The third-order valence-corrected chi connectivity index (χ3v) is 4.11. The molecule has 1 nitrogen and oxygen atoms in total. The summed E-state index contributed by atoms with van der Waals surface area (Å²) in [6, 6.07) is 9.51. The zero-order valence-corrected chi connectivity index (χ0v) is 9.37. The topological polar surface area (TPSA) is 12.0 Å². The Bertz CT molecular complexity index is 358. The molecule has 0 unspecified atom stereocenters. The summed E-state index contributed by atoms with van der Waals surface area (Å²) in [7, 11) is 0. The standard InChI is InChI=1S/C14H19N/c1-10-3-2-4-13(7-10)15-14-9-11-5-6-12(14)8-11/h2-4,7,11-12,14-15H,5-6,8-9H2,1H3/t11-,12-,14+/m1/s1. The van der Waals surface area contributed by atoms with E-state index in [9.17, 15) is 0 Å². The van der Waals surface area contributed by atoms with Gasteiger partial charge < -0.3 is 5.32 Å². The van der Waals surface area contributed by atoms with Crippen LogP contribution in [0.1, 0.15) is 31.2 Å². The number of nitrogens with one attached hydrogen (secondary N) is 1. The van der Waals surface area contributed by atoms with Gasteiger partial charge in [0, 0.05) is 11.7 Å². The molecule has 2 fully saturated rings. The van der Waals surface area contributed by atoms with E-state index in [0.717, 1.165) is 17.9 Å². The Kier molecular flexibility index (Phi) is 2.19. The fourth-order valence-corrected chi connectivity index (χ4v) is 3.37. The molecule has 2 bridgehead atoms. The SMILES string of the molecule is Cc1cccc(N[C@H]2C[C@@H]3CC[C@@H]2C3)c1. The summed E-state index contributed by atoms with van der Waals surface area (Å²) in [4.78, 5) is 0. The van der Waals surface area contributed by atoms with Crippen LogP contribution >= 0.6 is 0 Å². The molecule has 0 radical (unpaired) electrons. The first-order valence-corrected chi connectivity index (χ1v) is 6.14. The van der Waals surface area contributed by atoms with Crippen molar-refractivity contribution in [3.05, 3.63) is 29.8 Å². The Morgan fingerprint density at radius 1 is 1.20 bits per heavy atom. The first-order valence-electron chi connectivity index (χ1n) is 6.14. The molecule has 0 aromatic heterocycles. The normalized spacial score (nSPS) is 33.3. The fourth-order valence-electron chi connectivity index (χ4n) is 3.37. The zero-order valence-electron chi connectivity index (χ0n) is 9.37. The molecule has 0 amide bonds. The highest BCUT2D eigenvalue weighted by molar-refractivity contribution is 5.46. The predicted octanol–water partition coefficient (Wildman–Crippen LogP) is 3.60. The Morgan fingerprint density at radius 2 is 2.13 bits per heavy atom.